The summed E-state index contributed by atoms with van der Waals surface area (Å²) in [6.07, 6.45) is 2.82. The van der Waals surface area contributed by atoms with Gasteiger partial charge in [-0.1, -0.05) is 18.2 Å². The van der Waals surface area contributed by atoms with Gasteiger partial charge in [-0.3, -0.25) is 19.0 Å². The Kier molecular flexibility index (Phi) is 5.69. The van der Waals surface area contributed by atoms with Gasteiger partial charge >= 0.3 is 11.1 Å². The number of hydrogen-bond acceptors (Lipinski definition) is 4. The second-order valence-corrected chi connectivity index (χ2v) is 6.03. The molecule has 0 fully saturated rings. The Morgan fingerprint density at radius 3 is 2.36 bits per heavy atom. The lowest BCUT2D eigenvalue weighted by Gasteiger charge is -2.11. The topological polar surface area (TPSA) is 82.3 Å². The molecule has 28 heavy (non-hydrogen) atoms. The molecule has 3 aromatic rings. The van der Waals surface area contributed by atoms with Crippen LogP contribution in [-0.4, -0.2) is 22.2 Å². The van der Waals surface area contributed by atoms with E-state index in [0.717, 1.165) is 10.1 Å². The zero-order chi connectivity index (χ0) is 20.1. The number of anilines is 1. The van der Waals surface area contributed by atoms with Gasteiger partial charge in [0.25, 0.3) is 0 Å². The first-order valence-corrected chi connectivity index (χ1v) is 8.45. The van der Waals surface area contributed by atoms with E-state index in [0.29, 0.717) is 11.4 Å². The molecule has 0 radical (unpaired) electrons. The van der Waals surface area contributed by atoms with Crippen molar-refractivity contribution in [3.05, 3.63) is 93.0 Å². The first kappa shape index (κ1) is 19.1. The molecule has 0 atom stereocenters. The number of hydrogen-bond donors (Lipinski definition) is 1. The third-order valence-corrected chi connectivity index (χ3v) is 4.11. The van der Waals surface area contributed by atoms with Crippen LogP contribution in [0.15, 0.2) is 70.5 Å². The lowest BCUT2D eigenvalue weighted by Crippen LogP contribution is -2.42. The minimum atomic E-state index is -0.813. The van der Waals surface area contributed by atoms with Crippen molar-refractivity contribution in [1.29, 1.82) is 0 Å². The van der Waals surface area contributed by atoms with E-state index < -0.39 is 22.8 Å². The van der Waals surface area contributed by atoms with Gasteiger partial charge in [-0.15, -0.1) is 0 Å². The summed E-state index contributed by atoms with van der Waals surface area (Å²) in [5.74, 6) is -0.319. The minimum Gasteiger partial charge on any atom is -0.496 e. The Morgan fingerprint density at radius 1 is 1.00 bits per heavy atom. The monoisotopic (exact) mass is 383 g/mol. The van der Waals surface area contributed by atoms with Crippen molar-refractivity contribution in [3.63, 3.8) is 0 Å². The predicted octanol–water partition coefficient (Wildman–Crippen LogP) is 1.84. The minimum absolute atomic E-state index is 0.167. The number of aromatic nitrogens is 2. The summed E-state index contributed by atoms with van der Waals surface area (Å²) >= 11 is 0. The highest BCUT2D eigenvalue weighted by molar-refractivity contribution is 5.90. The number of carbonyl (C=O) groups excluding carboxylic acids is 1. The van der Waals surface area contributed by atoms with Crippen LogP contribution in [0, 0.1) is 5.82 Å². The summed E-state index contributed by atoms with van der Waals surface area (Å²) in [7, 11) is 1.53. The third kappa shape index (κ3) is 4.35. The second kappa shape index (κ2) is 8.34. The largest absolute Gasteiger partial charge is 0.496 e. The molecule has 1 N–H and O–H groups in total. The summed E-state index contributed by atoms with van der Waals surface area (Å²) in [5, 5.41) is 2.54. The molecular weight excluding hydrogens is 365 g/mol. The van der Waals surface area contributed by atoms with Crippen LogP contribution in [0.1, 0.15) is 5.56 Å². The highest BCUT2D eigenvalue weighted by atomic mass is 19.1. The molecule has 8 heteroatoms. The van der Waals surface area contributed by atoms with Gasteiger partial charge in [-0.2, -0.15) is 0 Å². The molecular formula is C20H18FN3O4. The number of carbonyl (C=O) groups is 1. The van der Waals surface area contributed by atoms with Crippen molar-refractivity contribution in [2.24, 2.45) is 0 Å². The molecule has 0 aliphatic carbocycles. The molecule has 1 amide bonds. The van der Waals surface area contributed by atoms with E-state index in [1.54, 1.807) is 12.1 Å². The Morgan fingerprint density at radius 2 is 1.64 bits per heavy atom. The number of nitrogens with one attached hydrogen (secondary N) is 1. The quantitative estimate of drug-likeness (QED) is 0.659. The van der Waals surface area contributed by atoms with Crippen LogP contribution in [0.2, 0.25) is 0 Å². The fourth-order valence-electron chi connectivity index (χ4n) is 2.70. The summed E-state index contributed by atoms with van der Waals surface area (Å²) in [4.78, 5) is 36.8. The number of rotatable bonds is 6. The van der Waals surface area contributed by atoms with Crippen LogP contribution in [0.25, 0.3) is 0 Å². The van der Waals surface area contributed by atoms with Gasteiger partial charge in [0, 0.05) is 23.6 Å². The van der Waals surface area contributed by atoms with Gasteiger partial charge in [0.1, 0.15) is 18.1 Å². The van der Waals surface area contributed by atoms with Crippen LogP contribution in [0.5, 0.6) is 5.75 Å². The van der Waals surface area contributed by atoms with Crippen molar-refractivity contribution in [2.75, 3.05) is 12.4 Å². The maximum atomic E-state index is 12.9. The standard InChI is InChI=1S/C20H18FN3O4/c1-28-17-5-3-2-4-14(17)12-23-10-11-24(20(27)19(23)26)13-18(25)22-16-8-6-15(21)7-9-16/h2-11H,12-13H2,1H3,(H,22,25). The Labute approximate surface area is 159 Å². The molecule has 0 unspecified atom stereocenters. The van der Waals surface area contributed by atoms with E-state index in [1.165, 1.54) is 48.3 Å². The van der Waals surface area contributed by atoms with Crippen molar-refractivity contribution in [1.82, 2.24) is 9.13 Å². The van der Waals surface area contributed by atoms with Crippen LogP contribution in [-0.2, 0) is 17.9 Å². The van der Waals surface area contributed by atoms with Gasteiger partial charge in [-0.05, 0) is 30.3 Å². The molecule has 2 aromatic carbocycles. The SMILES string of the molecule is COc1ccccc1Cn1ccn(CC(=O)Nc2ccc(F)cc2)c(=O)c1=O. The number of nitrogens with zero attached hydrogens (tertiary/aromatic N) is 2. The number of methoxy groups -OCH3 is 1. The van der Waals surface area contributed by atoms with Gasteiger partial charge in [0.2, 0.25) is 5.91 Å². The highest BCUT2D eigenvalue weighted by Gasteiger charge is 2.11. The molecule has 1 heterocycles. The van der Waals surface area contributed by atoms with E-state index in [9.17, 15) is 18.8 Å². The van der Waals surface area contributed by atoms with Crippen LogP contribution in [0.3, 0.4) is 0 Å². The lowest BCUT2D eigenvalue weighted by molar-refractivity contribution is -0.116. The van der Waals surface area contributed by atoms with E-state index >= 15 is 0 Å². The fourth-order valence-corrected chi connectivity index (χ4v) is 2.70. The summed E-state index contributed by atoms with van der Waals surface area (Å²) in [6.45, 7) is -0.165. The highest BCUT2D eigenvalue weighted by Crippen LogP contribution is 2.17. The Hall–Kier alpha value is -3.68. The average Bonchev–Trinajstić information content (AvgIpc) is 2.70. The maximum Gasteiger partial charge on any atom is 0.316 e. The van der Waals surface area contributed by atoms with Gasteiger partial charge in [0.15, 0.2) is 0 Å². The summed E-state index contributed by atoms with van der Waals surface area (Å²) in [6, 6.07) is 12.4. The molecule has 0 saturated carbocycles. The van der Waals surface area contributed by atoms with E-state index in [1.807, 2.05) is 12.1 Å². The maximum absolute atomic E-state index is 12.9. The second-order valence-electron chi connectivity index (χ2n) is 6.03. The third-order valence-electron chi connectivity index (χ3n) is 4.11. The van der Waals surface area contributed by atoms with Crippen molar-refractivity contribution >= 4 is 11.6 Å². The molecule has 3 rings (SSSR count). The molecule has 0 aliphatic rings. The van der Waals surface area contributed by atoms with Gasteiger partial charge in [0.05, 0.1) is 13.7 Å². The lowest BCUT2D eigenvalue weighted by atomic mass is 10.2. The molecule has 7 nitrogen and oxygen atoms in total. The Bertz CT molecular complexity index is 1100. The molecule has 0 saturated heterocycles. The zero-order valence-corrected chi connectivity index (χ0v) is 15.1. The molecule has 1 aromatic heterocycles. The first-order valence-electron chi connectivity index (χ1n) is 8.45. The molecule has 0 spiro atoms. The number of benzene rings is 2. The van der Waals surface area contributed by atoms with Crippen LogP contribution in [0.4, 0.5) is 10.1 Å². The van der Waals surface area contributed by atoms with Crippen molar-refractivity contribution in [3.8, 4) is 5.75 Å². The van der Waals surface area contributed by atoms with E-state index in [2.05, 4.69) is 5.32 Å². The van der Waals surface area contributed by atoms with Gasteiger partial charge in [-0.25, -0.2) is 4.39 Å². The number of amides is 1. The smallest absolute Gasteiger partial charge is 0.316 e. The van der Waals surface area contributed by atoms with Gasteiger partial charge < -0.3 is 14.6 Å². The van der Waals surface area contributed by atoms with Crippen molar-refractivity contribution < 1.29 is 13.9 Å². The summed E-state index contributed by atoms with van der Waals surface area (Å²) in [5.41, 5.74) is -0.420. The van der Waals surface area contributed by atoms with Crippen LogP contribution >= 0.6 is 0 Å². The predicted molar refractivity (Wildman–Crippen MR) is 102 cm³/mol. The van der Waals surface area contributed by atoms with E-state index in [4.69, 9.17) is 4.74 Å². The number of halogens is 1. The zero-order valence-electron chi connectivity index (χ0n) is 15.1. The molecule has 144 valence electrons. The summed E-state index contributed by atoms with van der Waals surface area (Å²) < 4.78 is 20.4. The first-order chi connectivity index (χ1) is 13.5. The normalized spacial score (nSPS) is 10.5. The number of para-hydroxylation sites is 1. The number of ether oxygens (including phenoxy) is 1. The van der Waals surface area contributed by atoms with Crippen molar-refractivity contribution in [2.45, 2.75) is 13.1 Å². The van der Waals surface area contributed by atoms with Crippen LogP contribution < -0.4 is 21.2 Å². The molecule has 0 aliphatic heterocycles. The van der Waals surface area contributed by atoms with E-state index in [-0.39, 0.29) is 13.1 Å². The fraction of sp³-hybridized carbons (Fsp3) is 0.150. The average molecular weight is 383 g/mol. The molecule has 0 bridgehead atoms. The Balaban J connectivity index is 1.76.